The quantitative estimate of drug-likeness (QED) is 0.273. The number of hydrogen-bond donors (Lipinski definition) is 1. The van der Waals surface area contributed by atoms with Crippen LogP contribution in [0, 0.1) is 20.8 Å². The maximum atomic E-state index is 14.0. The average Bonchev–Trinajstić information content (AvgIpc) is 2.93. The smallest absolute Gasteiger partial charge is 0.264 e. The van der Waals surface area contributed by atoms with E-state index in [1.807, 2.05) is 45.0 Å². The molecule has 3 aromatic carbocycles. The topological polar surface area (TPSA) is 86.8 Å². The van der Waals surface area contributed by atoms with Crippen LogP contribution in [0.4, 0.5) is 5.69 Å². The number of sulfonamides is 1. The summed E-state index contributed by atoms with van der Waals surface area (Å²) in [5, 5.41) is 3.28. The van der Waals surface area contributed by atoms with Gasteiger partial charge >= 0.3 is 0 Å². The lowest BCUT2D eigenvalue weighted by Gasteiger charge is -2.32. The van der Waals surface area contributed by atoms with Crippen LogP contribution in [0.2, 0.25) is 5.02 Å². The van der Waals surface area contributed by atoms with Crippen LogP contribution in [0.5, 0.6) is 0 Å². The van der Waals surface area contributed by atoms with E-state index in [0.717, 1.165) is 33.8 Å². The van der Waals surface area contributed by atoms with E-state index in [4.69, 9.17) is 11.6 Å². The molecule has 40 heavy (non-hydrogen) atoms. The molecule has 0 saturated carbocycles. The van der Waals surface area contributed by atoms with Crippen molar-refractivity contribution in [1.82, 2.24) is 10.2 Å². The molecule has 7 nitrogen and oxygen atoms in total. The van der Waals surface area contributed by atoms with E-state index in [1.54, 1.807) is 44.2 Å². The van der Waals surface area contributed by atoms with E-state index in [9.17, 15) is 18.0 Å². The third kappa shape index (κ3) is 7.64. The van der Waals surface area contributed by atoms with Crippen LogP contribution in [-0.2, 0) is 26.2 Å². The molecular weight excluding hydrogens is 546 g/mol. The Kier molecular flexibility index (Phi) is 10.8. The van der Waals surface area contributed by atoms with Crippen LogP contribution < -0.4 is 9.62 Å². The second kappa shape index (κ2) is 13.8. The van der Waals surface area contributed by atoms with Gasteiger partial charge in [0.1, 0.15) is 12.6 Å². The number of hydrogen-bond acceptors (Lipinski definition) is 4. The Morgan fingerprint density at radius 1 is 0.925 bits per heavy atom. The number of anilines is 1. The molecule has 1 N–H and O–H groups in total. The highest BCUT2D eigenvalue weighted by Crippen LogP contribution is 2.31. The van der Waals surface area contributed by atoms with Crippen LogP contribution in [0.25, 0.3) is 0 Å². The Morgan fingerprint density at radius 3 is 2.12 bits per heavy atom. The minimum atomic E-state index is -4.15. The first-order valence-electron chi connectivity index (χ1n) is 13.4. The molecule has 0 aliphatic carbocycles. The van der Waals surface area contributed by atoms with Crippen molar-refractivity contribution in [2.75, 3.05) is 17.4 Å². The molecule has 1 atom stereocenters. The van der Waals surface area contributed by atoms with E-state index in [0.29, 0.717) is 22.8 Å². The number of benzene rings is 3. The van der Waals surface area contributed by atoms with Gasteiger partial charge in [0.05, 0.1) is 10.6 Å². The SMILES string of the molecule is CCCCNC(=O)C(C)N(Cc1ccc(C)cc1)C(=O)CN(c1cccc(Cl)c1C)S(=O)(=O)c1ccc(C)cc1. The van der Waals surface area contributed by atoms with E-state index in [1.165, 1.54) is 17.0 Å². The zero-order chi connectivity index (χ0) is 29.4. The minimum Gasteiger partial charge on any atom is -0.354 e. The van der Waals surface area contributed by atoms with Crippen molar-refractivity contribution in [3.05, 3.63) is 94.0 Å². The van der Waals surface area contributed by atoms with Gasteiger partial charge in [-0.15, -0.1) is 0 Å². The molecule has 0 aliphatic heterocycles. The number of amides is 2. The normalized spacial score (nSPS) is 12.1. The Balaban J connectivity index is 2.04. The number of carbonyl (C=O) groups excluding carboxylic acids is 2. The van der Waals surface area contributed by atoms with Crippen molar-refractivity contribution in [3.8, 4) is 0 Å². The molecule has 1 unspecified atom stereocenters. The number of unbranched alkanes of at least 4 members (excludes halogenated alkanes) is 1. The Morgan fingerprint density at radius 2 is 1.52 bits per heavy atom. The van der Waals surface area contributed by atoms with Gasteiger partial charge in [0.25, 0.3) is 10.0 Å². The highest BCUT2D eigenvalue weighted by molar-refractivity contribution is 7.92. The minimum absolute atomic E-state index is 0.0562. The molecule has 0 bridgehead atoms. The van der Waals surface area contributed by atoms with Gasteiger partial charge in [-0.25, -0.2) is 8.42 Å². The van der Waals surface area contributed by atoms with Crippen molar-refractivity contribution >= 4 is 39.1 Å². The summed E-state index contributed by atoms with van der Waals surface area (Å²) < 4.78 is 29.0. The molecular formula is C31H38ClN3O4S. The van der Waals surface area contributed by atoms with Gasteiger partial charge in [-0.1, -0.05) is 78.5 Å². The third-order valence-electron chi connectivity index (χ3n) is 6.87. The van der Waals surface area contributed by atoms with Crippen LogP contribution in [0.1, 0.15) is 48.9 Å². The number of aryl methyl sites for hydroxylation is 2. The monoisotopic (exact) mass is 583 g/mol. The molecule has 3 aromatic rings. The van der Waals surface area contributed by atoms with Crippen LogP contribution in [0.3, 0.4) is 0 Å². The summed E-state index contributed by atoms with van der Waals surface area (Å²) in [6, 6.07) is 18.3. The second-order valence-corrected chi connectivity index (χ2v) is 12.3. The van der Waals surface area contributed by atoms with Gasteiger partial charge in [-0.3, -0.25) is 13.9 Å². The molecule has 0 spiro atoms. The van der Waals surface area contributed by atoms with Crippen molar-refractivity contribution in [2.24, 2.45) is 0 Å². The summed E-state index contributed by atoms with van der Waals surface area (Å²) in [5.41, 5.74) is 3.64. The number of rotatable bonds is 12. The molecule has 0 aliphatic rings. The van der Waals surface area contributed by atoms with Gasteiger partial charge in [-0.05, 0) is 69.5 Å². The maximum Gasteiger partial charge on any atom is 0.264 e. The highest BCUT2D eigenvalue weighted by atomic mass is 35.5. The molecule has 0 radical (unpaired) electrons. The third-order valence-corrected chi connectivity index (χ3v) is 9.05. The summed E-state index contributed by atoms with van der Waals surface area (Å²) in [6.07, 6.45) is 1.74. The first-order valence-corrected chi connectivity index (χ1v) is 15.2. The fourth-order valence-electron chi connectivity index (χ4n) is 4.23. The van der Waals surface area contributed by atoms with Crippen molar-refractivity contribution in [2.45, 2.75) is 64.9 Å². The molecule has 0 heterocycles. The Bertz CT molecular complexity index is 1420. The number of carbonyl (C=O) groups is 2. The zero-order valence-electron chi connectivity index (χ0n) is 23.8. The lowest BCUT2D eigenvalue weighted by atomic mass is 10.1. The predicted octanol–water partition coefficient (Wildman–Crippen LogP) is 5.79. The predicted molar refractivity (Wildman–Crippen MR) is 161 cm³/mol. The summed E-state index contributed by atoms with van der Waals surface area (Å²) in [4.78, 5) is 28.6. The van der Waals surface area contributed by atoms with E-state index >= 15 is 0 Å². The lowest BCUT2D eigenvalue weighted by molar-refractivity contribution is -0.139. The van der Waals surface area contributed by atoms with Gasteiger partial charge in [-0.2, -0.15) is 0 Å². The van der Waals surface area contributed by atoms with Crippen LogP contribution >= 0.6 is 11.6 Å². The molecule has 0 fully saturated rings. The van der Waals surface area contributed by atoms with Crippen molar-refractivity contribution in [1.29, 1.82) is 0 Å². The Hall–Kier alpha value is -3.36. The van der Waals surface area contributed by atoms with E-state index in [-0.39, 0.29) is 17.3 Å². The molecule has 214 valence electrons. The standard InChI is InChI=1S/C31H38ClN3O4S/c1-6-7-19-33-31(37)25(5)34(20-26-15-11-22(2)12-16-26)30(36)21-35(29-10-8-9-28(32)24(29)4)40(38,39)27-17-13-23(3)14-18-27/h8-18,25H,6-7,19-21H2,1-5H3,(H,33,37). The maximum absolute atomic E-state index is 14.0. The molecule has 0 aromatic heterocycles. The number of halogens is 1. The van der Waals surface area contributed by atoms with Gasteiger partial charge in [0.15, 0.2) is 0 Å². The van der Waals surface area contributed by atoms with Gasteiger partial charge in [0.2, 0.25) is 11.8 Å². The summed E-state index contributed by atoms with van der Waals surface area (Å²) in [5.74, 6) is -0.797. The first-order chi connectivity index (χ1) is 18.9. The van der Waals surface area contributed by atoms with Crippen molar-refractivity contribution in [3.63, 3.8) is 0 Å². The fraction of sp³-hybridized carbons (Fsp3) is 0.355. The van der Waals surface area contributed by atoms with E-state index in [2.05, 4.69) is 5.32 Å². The van der Waals surface area contributed by atoms with Crippen LogP contribution in [-0.4, -0.2) is 44.3 Å². The van der Waals surface area contributed by atoms with Gasteiger partial charge < -0.3 is 10.2 Å². The first kappa shape index (κ1) is 31.2. The summed E-state index contributed by atoms with van der Waals surface area (Å²) >= 11 is 6.38. The molecule has 3 rings (SSSR count). The number of nitrogens with one attached hydrogen (secondary N) is 1. The largest absolute Gasteiger partial charge is 0.354 e. The van der Waals surface area contributed by atoms with Crippen LogP contribution in [0.15, 0.2) is 71.6 Å². The molecule has 2 amide bonds. The van der Waals surface area contributed by atoms with Crippen molar-refractivity contribution < 1.29 is 18.0 Å². The fourth-order valence-corrected chi connectivity index (χ4v) is 5.87. The summed E-state index contributed by atoms with van der Waals surface area (Å²) in [6.45, 7) is 9.40. The lowest BCUT2D eigenvalue weighted by Crippen LogP contribution is -2.51. The van der Waals surface area contributed by atoms with Gasteiger partial charge in [0, 0.05) is 18.1 Å². The van der Waals surface area contributed by atoms with E-state index < -0.39 is 28.5 Å². The highest BCUT2D eigenvalue weighted by Gasteiger charge is 2.33. The second-order valence-electron chi connectivity index (χ2n) is 10.0. The average molecular weight is 584 g/mol. The number of nitrogens with zero attached hydrogens (tertiary/aromatic N) is 2. The molecule has 0 saturated heterocycles. The molecule has 9 heteroatoms. The Labute approximate surface area is 243 Å². The zero-order valence-corrected chi connectivity index (χ0v) is 25.3. The summed E-state index contributed by atoms with van der Waals surface area (Å²) in [7, 11) is -4.15.